The summed E-state index contributed by atoms with van der Waals surface area (Å²) in [7, 11) is 1.58. The Kier molecular flexibility index (Phi) is 4.48. The standard InChI is InChI=1S/C13H14IN3O/c1-18-13-7-12(16-8-17-13)11(15)6-9-2-4-10(14)5-3-9/h2-5,7-8,11H,6,15H2,1H3. The van der Waals surface area contributed by atoms with Crippen LogP contribution < -0.4 is 10.5 Å². The molecule has 2 N–H and O–H groups in total. The summed E-state index contributed by atoms with van der Waals surface area (Å²) in [6.07, 6.45) is 2.22. The monoisotopic (exact) mass is 355 g/mol. The quantitative estimate of drug-likeness (QED) is 0.856. The minimum Gasteiger partial charge on any atom is -0.481 e. The molecule has 0 aliphatic heterocycles. The predicted molar refractivity (Wildman–Crippen MR) is 78.4 cm³/mol. The lowest BCUT2D eigenvalue weighted by Crippen LogP contribution is -2.15. The number of hydrogen-bond acceptors (Lipinski definition) is 4. The molecular weight excluding hydrogens is 341 g/mol. The van der Waals surface area contributed by atoms with E-state index in [1.807, 2.05) is 0 Å². The third kappa shape index (κ3) is 3.39. The van der Waals surface area contributed by atoms with Crippen molar-refractivity contribution in [3.05, 3.63) is 51.5 Å². The van der Waals surface area contributed by atoms with Gasteiger partial charge in [0.25, 0.3) is 0 Å². The summed E-state index contributed by atoms with van der Waals surface area (Å²) in [5.41, 5.74) is 8.13. The van der Waals surface area contributed by atoms with Crippen LogP contribution in [0.3, 0.4) is 0 Å². The molecule has 1 aromatic carbocycles. The van der Waals surface area contributed by atoms with Gasteiger partial charge in [-0.15, -0.1) is 0 Å². The lowest BCUT2D eigenvalue weighted by Gasteiger charge is -2.11. The molecule has 0 saturated carbocycles. The van der Waals surface area contributed by atoms with Crippen molar-refractivity contribution in [2.45, 2.75) is 12.5 Å². The highest BCUT2D eigenvalue weighted by Crippen LogP contribution is 2.17. The van der Waals surface area contributed by atoms with Gasteiger partial charge in [-0.2, -0.15) is 0 Å². The Hall–Kier alpha value is -1.21. The zero-order chi connectivity index (χ0) is 13.0. The molecule has 0 saturated heterocycles. The maximum absolute atomic E-state index is 6.14. The minimum absolute atomic E-state index is 0.151. The molecule has 0 spiro atoms. The zero-order valence-corrected chi connectivity index (χ0v) is 12.2. The molecule has 0 aliphatic rings. The summed E-state index contributed by atoms with van der Waals surface area (Å²) in [5, 5.41) is 0. The van der Waals surface area contributed by atoms with Gasteiger partial charge in [0.05, 0.1) is 18.8 Å². The van der Waals surface area contributed by atoms with Crippen LogP contribution in [-0.2, 0) is 6.42 Å². The first-order chi connectivity index (χ1) is 8.69. The zero-order valence-electron chi connectivity index (χ0n) is 10.0. The second-order valence-corrected chi connectivity index (χ2v) is 5.17. The van der Waals surface area contributed by atoms with Gasteiger partial charge < -0.3 is 10.5 Å². The molecule has 2 aromatic rings. The van der Waals surface area contributed by atoms with E-state index in [4.69, 9.17) is 10.5 Å². The number of hydrogen-bond donors (Lipinski definition) is 1. The van der Waals surface area contributed by atoms with Crippen molar-refractivity contribution in [3.63, 3.8) is 0 Å². The van der Waals surface area contributed by atoms with E-state index in [0.29, 0.717) is 5.88 Å². The highest BCUT2D eigenvalue weighted by atomic mass is 127. The molecule has 0 bridgehead atoms. The molecule has 2 rings (SSSR count). The predicted octanol–water partition coefficient (Wildman–Crippen LogP) is 2.33. The van der Waals surface area contributed by atoms with Crippen LogP contribution in [0.5, 0.6) is 5.88 Å². The van der Waals surface area contributed by atoms with Crippen LogP contribution in [0.2, 0.25) is 0 Å². The summed E-state index contributed by atoms with van der Waals surface area (Å²) >= 11 is 2.28. The average Bonchev–Trinajstić information content (AvgIpc) is 2.41. The van der Waals surface area contributed by atoms with Gasteiger partial charge in [0.1, 0.15) is 6.33 Å². The Morgan fingerprint density at radius 3 is 2.67 bits per heavy atom. The van der Waals surface area contributed by atoms with E-state index in [2.05, 4.69) is 56.8 Å². The number of halogens is 1. The number of nitrogens with zero attached hydrogens (tertiary/aromatic N) is 2. The van der Waals surface area contributed by atoms with Crippen molar-refractivity contribution in [2.75, 3.05) is 7.11 Å². The third-order valence-electron chi connectivity index (χ3n) is 2.62. The second-order valence-electron chi connectivity index (χ2n) is 3.92. The van der Waals surface area contributed by atoms with Gasteiger partial charge in [0.15, 0.2) is 0 Å². The van der Waals surface area contributed by atoms with Crippen molar-refractivity contribution in [1.82, 2.24) is 9.97 Å². The summed E-state index contributed by atoms with van der Waals surface area (Å²) in [5.74, 6) is 0.540. The lowest BCUT2D eigenvalue weighted by atomic mass is 10.0. The van der Waals surface area contributed by atoms with E-state index in [1.54, 1.807) is 13.2 Å². The topological polar surface area (TPSA) is 61.0 Å². The molecule has 1 aromatic heterocycles. The first-order valence-corrected chi connectivity index (χ1v) is 6.63. The molecule has 94 valence electrons. The summed E-state index contributed by atoms with van der Waals surface area (Å²) < 4.78 is 6.28. The molecule has 0 amide bonds. The number of aromatic nitrogens is 2. The van der Waals surface area contributed by atoms with Gasteiger partial charge in [-0.3, -0.25) is 0 Å². The van der Waals surface area contributed by atoms with E-state index in [-0.39, 0.29) is 6.04 Å². The van der Waals surface area contributed by atoms with E-state index in [1.165, 1.54) is 15.5 Å². The van der Waals surface area contributed by atoms with Crippen LogP contribution in [0.25, 0.3) is 0 Å². The Morgan fingerprint density at radius 1 is 1.28 bits per heavy atom. The normalized spacial score (nSPS) is 12.2. The summed E-state index contributed by atoms with van der Waals surface area (Å²) in [4.78, 5) is 8.15. The van der Waals surface area contributed by atoms with Crippen LogP contribution in [-0.4, -0.2) is 17.1 Å². The van der Waals surface area contributed by atoms with Gasteiger partial charge in [0.2, 0.25) is 5.88 Å². The fourth-order valence-electron chi connectivity index (χ4n) is 1.65. The van der Waals surface area contributed by atoms with Gasteiger partial charge in [-0.25, -0.2) is 9.97 Å². The van der Waals surface area contributed by atoms with Crippen molar-refractivity contribution < 1.29 is 4.74 Å². The van der Waals surface area contributed by atoms with E-state index in [0.717, 1.165) is 12.1 Å². The Balaban J connectivity index is 2.11. The van der Waals surface area contributed by atoms with Gasteiger partial charge in [-0.1, -0.05) is 12.1 Å². The molecule has 0 radical (unpaired) electrons. The Morgan fingerprint density at radius 2 is 2.00 bits per heavy atom. The van der Waals surface area contributed by atoms with Crippen LogP contribution in [0, 0.1) is 3.57 Å². The van der Waals surface area contributed by atoms with Crippen LogP contribution in [0.15, 0.2) is 36.7 Å². The Labute approximate surface area is 120 Å². The SMILES string of the molecule is COc1cc(C(N)Cc2ccc(I)cc2)ncn1. The first-order valence-electron chi connectivity index (χ1n) is 5.55. The molecule has 1 heterocycles. The molecular formula is C13H14IN3O. The minimum atomic E-state index is -0.151. The van der Waals surface area contributed by atoms with Gasteiger partial charge in [0, 0.05) is 9.64 Å². The molecule has 1 atom stereocenters. The van der Waals surface area contributed by atoms with Crippen LogP contribution in [0.1, 0.15) is 17.3 Å². The van der Waals surface area contributed by atoms with E-state index >= 15 is 0 Å². The number of methoxy groups -OCH3 is 1. The van der Waals surface area contributed by atoms with Crippen molar-refractivity contribution in [2.24, 2.45) is 5.73 Å². The van der Waals surface area contributed by atoms with Crippen LogP contribution in [0.4, 0.5) is 0 Å². The molecule has 0 fully saturated rings. The van der Waals surface area contributed by atoms with Gasteiger partial charge in [-0.05, 0) is 46.7 Å². The van der Waals surface area contributed by atoms with Crippen LogP contribution >= 0.6 is 22.6 Å². The summed E-state index contributed by atoms with van der Waals surface area (Å²) in [6, 6.07) is 9.94. The average molecular weight is 355 g/mol. The summed E-state index contributed by atoms with van der Waals surface area (Å²) in [6.45, 7) is 0. The smallest absolute Gasteiger partial charge is 0.216 e. The first kappa shape index (κ1) is 13.2. The van der Waals surface area contributed by atoms with Gasteiger partial charge >= 0.3 is 0 Å². The highest BCUT2D eigenvalue weighted by Gasteiger charge is 2.10. The number of rotatable bonds is 4. The fourth-order valence-corrected chi connectivity index (χ4v) is 2.01. The van der Waals surface area contributed by atoms with E-state index in [9.17, 15) is 0 Å². The number of benzene rings is 1. The maximum Gasteiger partial charge on any atom is 0.216 e. The number of ether oxygens (including phenoxy) is 1. The largest absolute Gasteiger partial charge is 0.481 e. The third-order valence-corrected chi connectivity index (χ3v) is 3.34. The fraction of sp³-hybridized carbons (Fsp3) is 0.231. The molecule has 5 heteroatoms. The van der Waals surface area contributed by atoms with E-state index < -0.39 is 0 Å². The number of nitrogens with two attached hydrogens (primary N) is 1. The van der Waals surface area contributed by atoms with Crippen molar-refractivity contribution in [1.29, 1.82) is 0 Å². The molecule has 4 nitrogen and oxygen atoms in total. The van der Waals surface area contributed by atoms with Crippen molar-refractivity contribution >= 4 is 22.6 Å². The molecule has 0 aliphatic carbocycles. The Bertz CT molecular complexity index is 516. The maximum atomic E-state index is 6.14. The lowest BCUT2D eigenvalue weighted by molar-refractivity contribution is 0.395. The second kappa shape index (κ2) is 6.10. The molecule has 1 unspecified atom stereocenters. The highest BCUT2D eigenvalue weighted by molar-refractivity contribution is 14.1. The molecule has 18 heavy (non-hydrogen) atoms. The van der Waals surface area contributed by atoms with Crippen molar-refractivity contribution in [3.8, 4) is 5.88 Å².